The van der Waals surface area contributed by atoms with Crippen molar-refractivity contribution >= 4 is 27.6 Å². The second-order valence-electron chi connectivity index (χ2n) is 9.47. The van der Waals surface area contributed by atoms with Gasteiger partial charge in [-0.1, -0.05) is 25.1 Å². The molecule has 0 radical (unpaired) electrons. The molecule has 2 aromatic heterocycles. The van der Waals surface area contributed by atoms with Gasteiger partial charge in [0.15, 0.2) is 5.03 Å². The van der Waals surface area contributed by atoms with Crippen molar-refractivity contribution in [2.75, 3.05) is 17.2 Å². The number of amides is 1. The van der Waals surface area contributed by atoms with Gasteiger partial charge in [-0.05, 0) is 62.6 Å². The third-order valence-electron chi connectivity index (χ3n) is 6.82. The van der Waals surface area contributed by atoms with Gasteiger partial charge < -0.3 is 10.6 Å². The fourth-order valence-electron chi connectivity index (χ4n) is 4.24. The molecule has 8 nitrogen and oxygen atoms in total. The molecule has 1 fully saturated rings. The SMILES string of the molecule is CC1CCN(c2nc(-c3ccc(C(F)(F)F)cc3)ccc2C(=O)NS(=O)(=O)c2cccc(N)n2)C1(C)C. The number of carbonyl (C=O) groups excluding carboxylic acids is 1. The first-order chi connectivity index (χ1) is 17.2. The number of hydrogen-bond acceptors (Lipinski definition) is 7. The molecule has 1 aromatic carbocycles. The van der Waals surface area contributed by atoms with Crippen LogP contribution in [0.2, 0.25) is 0 Å². The number of alkyl halides is 3. The number of rotatable bonds is 5. The summed E-state index contributed by atoms with van der Waals surface area (Å²) in [6.45, 7) is 6.61. The number of sulfonamides is 1. The van der Waals surface area contributed by atoms with E-state index in [4.69, 9.17) is 5.73 Å². The minimum atomic E-state index is -4.47. The molecule has 12 heteroatoms. The topological polar surface area (TPSA) is 118 Å². The summed E-state index contributed by atoms with van der Waals surface area (Å²) in [5, 5.41) is -0.410. The zero-order valence-electron chi connectivity index (χ0n) is 20.4. The summed E-state index contributed by atoms with van der Waals surface area (Å²) in [5.41, 5.74) is 5.14. The highest BCUT2D eigenvalue weighted by Crippen LogP contribution is 2.39. The summed E-state index contributed by atoms with van der Waals surface area (Å²) >= 11 is 0. The Hall–Kier alpha value is -3.67. The Balaban J connectivity index is 1.76. The van der Waals surface area contributed by atoms with Crippen LogP contribution in [0.15, 0.2) is 59.6 Å². The lowest BCUT2D eigenvalue weighted by Gasteiger charge is -2.36. The molecule has 1 aliphatic heterocycles. The minimum absolute atomic E-state index is 0.00492. The van der Waals surface area contributed by atoms with Crippen molar-refractivity contribution in [1.82, 2.24) is 14.7 Å². The van der Waals surface area contributed by atoms with Gasteiger partial charge in [0.2, 0.25) is 0 Å². The Labute approximate surface area is 212 Å². The second-order valence-corrected chi connectivity index (χ2v) is 11.1. The van der Waals surface area contributed by atoms with Crippen molar-refractivity contribution in [3.63, 3.8) is 0 Å². The molecular weight excluding hydrogens is 507 g/mol. The van der Waals surface area contributed by atoms with Gasteiger partial charge in [0, 0.05) is 17.6 Å². The first-order valence-electron chi connectivity index (χ1n) is 11.5. The van der Waals surface area contributed by atoms with Crippen molar-refractivity contribution in [2.45, 2.75) is 43.9 Å². The summed E-state index contributed by atoms with van der Waals surface area (Å²) in [4.78, 5) is 23.6. The van der Waals surface area contributed by atoms with E-state index < -0.39 is 38.2 Å². The Kier molecular flexibility index (Phi) is 6.65. The Morgan fingerprint density at radius 1 is 1.08 bits per heavy atom. The van der Waals surface area contributed by atoms with Crippen molar-refractivity contribution in [3.8, 4) is 11.3 Å². The smallest absolute Gasteiger partial charge is 0.384 e. The standard InChI is InChI=1S/C25H26F3N5O3S/c1-15-13-14-33(24(15,2)3)22-18(23(34)32-37(35,36)21-6-4-5-20(29)31-21)11-12-19(30-22)16-7-9-17(10-8-16)25(26,27)28/h4-12,15H,13-14H2,1-3H3,(H2,29,31)(H,32,34). The average molecular weight is 534 g/mol. The number of aromatic nitrogens is 2. The van der Waals surface area contributed by atoms with Gasteiger partial charge in [-0.25, -0.2) is 14.7 Å². The third kappa shape index (κ3) is 5.24. The highest BCUT2D eigenvalue weighted by atomic mass is 32.2. The summed E-state index contributed by atoms with van der Waals surface area (Å²) in [5.74, 6) is -0.465. The minimum Gasteiger partial charge on any atom is -0.384 e. The van der Waals surface area contributed by atoms with Crippen LogP contribution in [0.1, 0.15) is 43.1 Å². The largest absolute Gasteiger partial charge is 0.416 e. The molecule has 3 N–H and O–H groups in total. The molecule has 4 rings (SSSR count). The summed E-state index contributed by atoms with van der Waals surface area (Å²) < 4.78 is 66.7. The number of carbonyl (C=O) groups is 1. The third-order valence-corrected chi connectivity index (χ3v) is 8.05. The van der Waals surface area contributed by atoms with Crippen LogP contribution in [0.5, 0.6) is 0 Å². The molecule has 1 aliphatic rings. The van der Waals surface area contributed by atoms with E-state index in [1.807, 2.05) is 23.5 Å². The first kappa shape index (κ1) is 26.4. The maximum Gasteiger partial charge on any atom is 0.416 e. The maximum absolute atomic E-state index is 13.3. The van der Waals surface area contributed by atoms with Gasteiger partial charge in [0.05, 0.1) is 16.8 Å². The number of nitrogens with zero attached hydrogens (tertiary/aromatic N) is 3. The monoisotopic (exact) mass is 533 g/mol. The van der Waals surface area contributed by atoms with Crippen molar-refractivity contribution in [3.05, 3.63) is 65.7 Å². The van der Waals surface area contributed by atoms with Crippen molar-refractivity contribution in [1.29, 1.82) is 0 Å². The number of nitrogens with two attached hydrogens (primary N) is 1. The number of anilines is 2. The zero-order chi connectivity index (χ0) is 27.2. The normalized spacial score (nSPS) is 17.6. The molecule has 0 aliphatic carbocycles. The lowest BCUT2D eigenvalue weighted by Crippen LogP contribution is -2.43. The number of pyridine rings is 2. The van der Waals surface area contributed by atoms with Crippen LogP contribution >= 0.6 is 0 Å². The highest BCUT2D eigenvalue weighted by Gasteiger charge is 2.41. The maximum atomic E-state index is 13.3. The van der Waals surface area contributed by atoms with E-state index >= 15 is 0 Å². The predicted octanol–water partition coefficient (Wildman–Crippen LogP) is 4.49. The van der Waals surface area contributed by atoms with Gasteiger partial charge in [-0.2, -0.15) is 21.6 Å². The molecule has 37 heavy (non-hydrogen) atoms. The predicted molar refractivity (Wildman–Crippen MR) is 133 cm³/mol. The van der Waals surface area contributed by atoms with E-state index in [1.165, 1.54) is 42.5 Å². The number of nitrogen functional groups attached to an aromatic ring is 1. The molecular formula is C25H26F3N5O3S. The molecule has 1 saturated heterocycles. The van der Waals surface area contributed by atoms with Crippen LogP contribution in [0.3, 0.4) is 0 Å². The molecule has 1 atom stereocenters. The van der Waals surface area contributed by atoms with Crippen LogP contribution in [-0.4, -0.2) is 36.4 Å². The lowest BCUT2D eigenvalue weighted by atomic mass is 9.90. The van der Waals surface area contributed by atoms with E-state index in [-0.39, 0.29) is 23.1 Å². The number of benzene rings is 1. The molecule has 1 amide bonds. The Morgan fingerprint density at radius 2 is 1.76 bits per heavy atom. The van der Waals surface area contributed by atoms with E-state index in [0.717, 1.165) is 18.6 Å². The highest BCUT2D eigenvalue weighted by molar-refractivity contribution is 7.90. The van der Waals surface area contributed by atoms with Crippen molar-refractivity contribution < 1.29 is 26.4 Å². The molecule has 0 saturated carbocycles. The van der Waals surface area contributed by atoms with E-state index in [2.05, 4.69) is 16.9 Å². The molecule has 1 unspecified atom stereocenters. The molecule has 196 valence electrons. The fourth-order valence-corrected chi connectivity index (χ4v) is 5.18. The Morgan fingerprint density at radius 3 is 2.32 bits per heavy atom. The van der Waals surface area contributed by atoms with Gasteiger partial charge >= 0.3 is 6.18 Å². The van der Waals surface area contributed by atoms with Gasteiger partial charge in [0.1, 0.15) is 11.6 Å². The second kappa shape index (κ2) is 9.33. The van der Waals surface area contributed by atoms with Crippen LogP contribution in [0.4, 0.5) is 24.8 Å². The zero-order valence-corrected chi connectivity index (χ0v) is 21.2. The van der Waals surface area contributed by atoms with Crippen LogP contribution in [-0.2, 0) is 16.2 Å². The van der Waals surface area contributed by atoms with E-state index in [1.54, 1.807) is 0 Å². The molecule has 0 spiro atoms. The molecule has 0 bridgehead atoms. The van der Waals surface area contributed by atoms with E-state index in [0.29, 0.717) is 17.8 Å². The fraction of sp³-hybridized carbons (Fsp3) is 0.320. The number of nitrogens with one attached hydrogen (secondary N) is 1. The summed E-state index contributed by atoms with van der Waals surface area (Å²) in [7, 11) is -4.33. The van der Waals surface area contributed by atoms with Crippen LogP contribution in [0.25, 0.3) is 11.3 Å². The number of halogens is 3. The van der Waals surface area contributed by atoms with Crippen LogP contribution < -0.4 is 15.4 Å². The van der Waals surface area contributed by atoms with E-state index in [9.17, 15) is 26.4 Å². The van der Waals surface area contributed by atoms with Crippen molar-refractivity contribution in [2.24, 2.45) is 5.92 Å². The summed E-state index contributed by atoms with van der Waals surface area (Å²) in [6, 6.07) is 11.5. The summed E-state index contributed by atoms with van der Waals surface area (Å²) in [6.07, 6.45) is -3.66. The molecule has 3 aromatic rings. The van der Waals surface area contributed by atoms with Crippen LogP contribution in [0, 0.1) is 5.92 Å². The quantitative estimate of drug-likeness (QED) is 0.496. The molecule has 3 heterocycles. The van der Waals surface area contributed by atoms with Gasteiger partial charge in [-0.15, -0.1) is 0 Å². The Bertz CT molecular complexity index is 1440. The van der Waals surface area contributed by atoms with Gasteiger partial charge in [-0.3, -0.25) is 4.79 Å². The number of hydrogen-bond donors (Lipinski definition) is 2. The average Bonchev–Trinajstić information content (AvgIpc) is 3.10. The van der Waals surface area contributed by atoms with Gasteiger partial charge in [0.25, 0.3) is 15.9 Å². The lowest BCUT2D eigenvalue weighted by molar-refractivity contribution is -0.137. The first-order valence-corrected chi connectivity index (χ1v) is 12.9.